The molecule has 3 rings (SSSR count). The number of aliphatic hydroxyl groups is 1. The van der Waals surface area contributed by atoms with Crippen molar-refractivity contribution in [2.24, 2.45) is 23.7 Å². The summed E-state index contributed by atoms with van der Waals surface area (Å²) >= 11 is 2.03. The van der Waals surface area contributed by atoms with E-state index in [1.54, 1.807) is 0 Å². The van der Waals surface area contributed by atoms with Crippen molar-refractivity contribution in [3.63, 3.8) is 0 Å². The number of hydrogen-bond donors (Lipinski definition) is 1. The van der Waals surface area contributed by atoms with E-state index in [-0.39, 0.29) is 11.7 Å². The molecule has 3 heteroatoms. The quantitative estimate of drug-likeness (QED) is 0.850. The molecule has 0 amide bonds. The van der Waals surface area contributed by atoms with Crippen molar-refractivity contribution in [1.29, 1.82) is 0 Å². The maximum absolute atomic E-state index is 10.9. The zero-order valence-corrected chi connectivity index (χ0v) is 14.5. The van der Waals surface area contributed by atoms with Crippen molar-refractivity contribution in [2.45, 2.75) is 70.5 Å². The van der Waals surface area contributed by atoms with Gasteiger partial charge in [-0.05, 0) is 74.4 Å². The van der Waals surface area contributed by atoms with Crippen LogP contribution in [0.3, 0.4) is 0 Å². The molecule has 1 spiro atoms. The topological polar surface area (TPSA) is 29.5 Å². The molecule has 0 aromatic carbocycles. The van der Waals surface area contributed by atoms with E-state index in [1.807, 2.05) is 11.8 Å². The van der Waals surface area contributed by atoms with Gasteiger partial charge in [-0.25, -0.2) is 0 Å². The molecule has 2 nitrogen and oxygen atoms in total. The third-order valence-corrected chi connectivity index (χ3v) is 7.55. The fourth-order valence-corrected chi connectivity index (χ4v) is 6.14. The molecule has 1 N–H and O–H groups in total. The van der Waals surface area contributed by atoms with Gasteiger partial charge in [-0.3, -0.25) is 0 Å². The first-order valence-electron chi connectivity index (χ1n) is 8.99. The summed E-state index contributed by atoms with van der Waals surface area (Å²) in [6.07, 6.45) is 8.41. The lowest BCUT2D eigenvalue weighted by molar-refractivity contribution is -0.112. The molecule has 1 saturated carbocycles. The standard InChI is InChI=1S/C18H32O2S/c1-13(2)14-3-5-15(6-4-14)17(19)16-7-9-20-18(11-16)8-10-21-12-18/h13-17,19H,3-12H2,1-2H3. The Hall–Kier alpha value is 0.270. The van der Waals surface area contributed by atoms with Gasteiger partial charge in [-0.15, -0.1) is 0 Å². The highest BCUT2D eigenvalue weighted by atomic mass is 32.2. The molecule has 3 aliphatic rings. The number of ether oxygens (including phenoxy) is 1. The Kier molecular flexibility index (Phi) is 5.23. The maximum atomic E-state index is 10.9. The molecule has 3 atom stereocenters. The van der Waals surface area contributed by atoms with Crippen molar-refractivity contribution in [1.82, 2.24) is 0 Å². The lowest BCUT2D eigenvalue weighted by atomic mass is 9.70. The lowest BCUT2D eigenvalue weighted by Crippen LogP contribution is -2.45. The van der Waals surface area contributed by atoms with E-state index in [2.05, 4.69) is 13.8 Å². The molecule has 0 aromatic heterocycles. The molecule has 2 saturated heterocycles. The van der Waals surface area contributed by atoms with Crippen molar-refractivity contribution in [2.75, 3.05) is 18.1 Å². The molecule has 1 aliphatic carbocycles. The van der Waals surface area contributed by atoms with E-state index in [0.717, 1.165) is 37.0 Å². The molecule has 3 fully saturated rings. The average Bonchev–Trinajstić information content (AvgIpc) is 2.94. The van der Waals surface area contributed by atoms with Crippen LogP contribution in [0.5, 0.6) is 0 Å². The largest absolute Gasteiger partial charge is 0.393 e. The van der Waals surface area contributed by atoms with Gasteiger partial charge in [0.25, 0.3) is 0 Å². The molecule has 0 radical (unpaired) electrons. The minimum atomic E-state index is -0.0792. The second-order valence-electron chi connectivity index (χ2n) is 8.00. The van der Waals surface area contributed by atoms with E-state index in [0.29, 0.717) is 11.8 Å². The zero-order valence-electron chi connectivity index (χ0n) is 13.7. The Morgan fingerprint density at radius 3 is 2.38 bits per heavy atom. The summed E-state index contributed by atoms with van der Waals surface area (Å²) in [5, 5.41) is 10.9. The molecule has 0 aromatic rings. The van der Waals surface area contributed by atoms with E-state index >= 15 is 0 Å². The second-order valence-corrected chi connectivity index (χ2v) is 9.10. The minimum absolute atomic E-state index is 0.0792. The summed E-state index contributed by atoms with van der Waals surface area (Å²) in [5.74, 6) is 5.12. The highest BCUT2D eigenvalue weighted by molar-refractivity contribution is 7.99. The number of aliphatic hydroxyl groups excluding tert-OH is 1. The van der Waals surface area contributed by atoms with Gasteiger partial charge in [0, 0.05) is 12.4 Å². The Morgan fingerprint density at radius 1 is 1.05 bits per heavy atom. The highest BCUT2D eigenvalue weighted by Crippen LogP contribution is 2.44. The van der Waals surface area contributed by atoms with Crippen LogP contribution in [-0.2, 0) is 4.74 Å². The monoisotopic (exact) mass is 312 g/mol. The molecular formula is C18H32O2S. The molecule has 122 valence electrons. The Balaban J connectivity index is 1.54. The smallest absolute Gasteiger partial charge is 0.0783 e. The summed E-state index contributed by atoms with van der Waals surface area (Å²) in [6.45, 7) is 5.56. The Morgan fingerprint density at radius 2 is 1.76 bits per heavy atom. The first-order chi connectivity index (χ1) is 10.1. The lowest BCUT2D eigenvalue weighted by Gasteiger charge is -2.43. The third-order valence-electron chi connectivity index (χ3n) is 6.32. The molecule has 0 bridgehead atoms. The molecule has 2 aliphatic heterocycles. The normalized spacial score (nSPS) is 42.6. The van der Waals surface area contributed by atoms with Crippen molar-refractivity contribution < 1.29 is 9.84 Å². The summed E-state index contributed by atoms with van der Waals surface area (Å²) in [4.78, 5) is 0. The van der Waals surface area contributed by atoms with E-state index in [1.165, 1.54) is 37.9 Å². The molecule has 21 heavy (non-hydrogen) atoms. The molecule has 3 unspecified atom stereocenters. The predicted molar refractivity (Wildman–Crippen MR) is 89.6 cm³/mol. The van der Waals surface area contributed by atoms with Crippen molar-refractivity contribution >= 4 is 11.8 Å². The van der Waals surface area contributed by atoms with Crippen molar-refractivity contribution in [3.8, 4) is 0 Å². The van der Waals surface area contributed by atoms with Crippen LogP contribution < -0.4 is 0 Å². The highest BCUT2D eigenvalue weighted by Gasteiger charge is 2.43. The van der Waals surface area contributed by atoms with Crippen LogP contribution >= 0.6 is 11.8 Å². The fourth-order valence-electron chi connectivity index (χ4n) is 4.76. The van der Waals surface area contributed by atoms with Crippen LogP contribution in [0.25, 0.3) is 0 Å². The molecule has 2 heterocycles. The van der Waals surface area contributed by atoms with Gasteiger partial charge in [0.05, 0.1) is 11.7 Å². The SMILES string of the molecule is CC(C)C1CCC(C(O)C2CCOC3(CCSC3)C2)CC1. The first kappa shape index (κ1) is 16.1. The van der Waals surface area contributed by atoms with Crippen LogP contribution in [0.15, 0.2) is 0 Å². The van der Waals surface area contributed by atoms with Gasteiger partial charge < -0.3 is 9.84 Å². The number of hydrogen-bond acceptors (Lipinski definition) is 3. The second kappa shape index (κ2) is 6.80. The summed E-state index contributed by atoms with van der Waals surface area (Å²) < 4.78 is 6.11. The Bertz CT molecular complexity index is 330. The van der Waals surface area contributed by atoms with Crippen molar-refractivity contribution in [3.05, 3.63) is 0 Å². The summed E-state index contributed by atoms with van der Waals surface area (Å²) in [5.41, 5.74) is 0.115. The maximum Gasteiger partial charge on any atom is 0.0783 e. The molecular weight excluding hydrogens is 280 g/mol. The van der Waals surface area contributed by atoms with E-state index in [9.17, 15) is 5.11 Å². The van der Waals surface area contributed by atoms with Crippen LogP contribution in [-0.4, -0.2) is 34.9 Å². The van der Waals surface area contributed by atoms with E-state index < -0.39 is 0 Å². The van der Waals surface area contributed by atoms with Gasteiger partial charge in [0.15, 0.2) is 0 Å². The Labute approximate surface area is 134 Å². The number of rotatable bonds is 3. The summed E-state index contributed by atoms with van der Waals surface area (Å²) in [6, 6.07) is 0. The minimum Gasteiger partial charge on any atom is -0.393 e. The van der Waals surface area contributed by atoms with Crippen LogP contribution in [0.1, 0.15) is 58.8 Å². The van der Waals surface area contributed by atoms with Crippen LogP contribution in [0, 0.1) is 23.7 Å². The third kappa shape index (κ3) is 3.61. The first-order valence-corrected chi connectivity index (χ1v) is 10.1. The van der Waals surface area contributed by atoms with Gasteiger partial charge in [0.1, 0.15) is 0 Å². The number of thioether (sulfide) groups is 1. The van der Waals surface area contributed by atoms with Gasteiger partial charge in [-0.1, -0.05) is 13.8 Å². The predicted octanol–water partition coefficient (Wildman–Crippen LogP) is 4.11. The average molecular weight is 313 g/mol. The summed E-state index contributed by atoms with van der Waals surface area (Å²) in [7, 11) is 0. The fraction of sp³-hybridized carbons (Fsp3) is 1.00. The van der Waals surface area contributed by atoms with Gasteiger partial charge in [0.2, 0.25) is 0 Å². The van der Waals surface area contributed by atoms with Crippen LogP contribution in [0.4, 0.5) is 0 Å². The van der Waals surface area contributed by atoms with Gasteiger partial charge in [-0.2, -0.15) is 11.8 Å². The van der Waals surface area contributed by atoms with Crippen LogP contribution in [0.2, 0.25) is 0 Å². The van der Waals surface area contributed by atoms with Gasteiger partial charge >= 0.3 is 0 Å². The van der Waals surface area contributed by atoms with E-state index in [4.69, 9.17) is 4.74 Å². The zero-order chi connectivity index (χ0) is 14.9.